The number of oxime groups is 1. The second kappa shape index (κ2) is 10.7. The van der Waals surface area contributed by atoms with Crippen LogP contribution in [0, 0.1) is 28.6 Å². The molecule has 4 rings (SSSR count). The fraction of sp³-hybridized carbons (Fsp3) is 0.786. The molecule has 0 spiro atoms. The zero-order valence-electron chi connectivity index (χ0n) is 22.5. The Bertz CT molecular complexity index is 997. The van der Waals surface area contributed by atoms with Crippen molar-refractivity contribution in [3.8, 4) is 0 Å². The SMILES string of the molecule is CSCC[C@H](NC(=O)CO/N=C1/C=C2CC[C@H]3[C@@H](CC[C@@]4(C)[C@H]3CC[C@]4(O)C(C)=O)[C@@]2(C)CC1)C(=O)O. The van der Waals surface area contributed by atoms with Crippen molar-refractivity contribution in [3.63, 3.8) is 0 Å². The zero-order valence-corrected chi connectivity index (χ0v) is 23.4. The third kappa shape index (κ3) is 4.98. The number of carbonyl (C=O) groups is 3. The molecule has 4 aliphatic carbocycles. The van der Waals surface area contributed by atoms with Gasteiger partial charge in [-0.3, -0.25) is 9.59 Å². The van der Waals surface area contributed by atoms with E-state index in [2.05, 4.69) is 30.4 Å². The van der Waals surface area contributed by atoms with Gasteiger partial charge in [-0.15, -0.1) is 0 Å². The molecule has 3 fully saturated rings. The van der Waals surface area contributed by atoms with Crippen molar-refractivity contribution < 1.29 is 29.4 Å². The summed E-state index contributed by atoms with van der Waals surface area (Å²) in [6.07, 6.45) is 11.6. The summed E-state index contributed by atoms with van der Waals surface area (Å²) >= 11 is 1.53. The number of rotatable bonds is 9. The lowest BCUT2D eigenvalue weighted by molar-refractivity contribution is -0.159. The topological polar surface area (TPSA) is 125 Å². The number of amides is 1. The molecular formula is C28H42N2O6S. The summed E-state index contributed by atoms with van der Waals surface area (Å²) in [6.45, 7) is 5.76. The van der Waals surface area contributed by atoms with Crippen LogP contribution in [-0.2, 0) is 19.2 Å². The molecule has 0 bridgehead atoms. The van der Waals surface area contributed by atoms with Crippen molar-refractivity contribution in [3.05, 3.63) is 11.6 Å². The van der Waals surface area contributed by atoms with Gasteiger partial charge in [0.15, 0.2) is 12.4 Å². The fourth-order valence-corrected chi connectivity index (χ4v) is 8.61. The standard InChI is InChI=1S/C28H42N2O6S/c1-17(31)28(35)13-9-22-20-6-5-18-15-19(7-11-26(18,2)21(20)8-12-27(22,28)3)30-36-16-24(32)29-23(25(33)34)10-14-37-4/h15,20-23,35H,5-14,16H2,1-4H3,(H,29,32)(H,33,34)/b30-19+/t20-,21+,22-,23-,26-,27-,28-/m0/s1. The van der Waals surface area contributed by atoms with E-state index < -0.39 is 23.5 Å². The van der Waals surface area contributed by atoms with Gasteiger partial charge >= 0.3 is 5.97 Å². The van der Waals surface area contributed by atoms with Gasteiger partial charge in [0.25, 0.3) is 5.91 Å². The highest BCUT2D eigenvalue weighted by molar-refractivity contribution is 7.98. The molecule has 0 radical (unpaired) electrons. The van der Waals surface area contributed by atoms with Crippen molar-refractivity contribution in [2.24, 2.45) is 33.7 Å². The summed E-state index contributed by atoms with van der Waals surface area (Å²) in [4.78, 5) is 41.3. The van der Waals surface area contributed by atoms with Crippen molar-refractivity contribution >= 4 is 35.1 Å². The third-order valence-electron chi connectivity index (χ3n) is 10.3. The minimum Gasteiger partial charge on any atom is -0.480 e. The Balaban J connectivity index is 1.39. The molecule has 0 heterocycles. The summed E-state index contributed by atoms with van der Waals surface area (Å²) in [5.74, 6) is 0.450. The number of carboxylic acids is 1. The predicted octanol–water partition coefficient (Wildman–Crippen LogP) is 3.96. The molecule has 3 saturated carbocycles. The quantitative estimate of drug-likeness (QED) is 0.382. The summed E-state index contributed by atoms with van der Waals surface area (Å²) in [7, 11) is 0. The summed E-state index contributed by atoms with van der Waals surface area (Å²) < 4.78 is 0. The molecule has 0 aromatic carbocycles. The number of aliphatic hydroxyl groups is 1. The third-order valence-corrected chi connectivity index (χ3v) is 11.0. The molecule has 3 N–H and O–H groups in total. The number of nitrogens with zero attached hydrogens (tertiary/aromatic N) is 1. The first-order chi connectivity index (χ1) is 17.5. The molecule has 1 amide bonds. The van der Waals surface area contributed by atoms with Crippen molar-refractivity contribution in [1.82, 2.24) is 5.32 Å². The number of carboxylic acid groups (broad SMARTS) is 1. The van der Waals surface area contributed by atoms with Crippen molar-refractivity contribution in [2.75, 3.05) is 18.6 Å². The Morgan fingerprint density at radius 2 is 1.89 bits per heavy atom. The molecule has 0 aliphatic heterocycles. The molecule has 9 heteroatoms. The summed E-state index contributed by atoms with van der Waals surface area (Å²) in [6, 6.07) is -0.924. The largest absolute Gasteiger partial charge is 0.480 e. The maximum absolute atomic E-state index is 12.4. The van der Waals surface area contributed by atoms with Gasteiger partial charge in [0.05, 0.1) is 5.71 Å². The van der Waals surface area contributed by atoms with E-state index >= 15 is 0 Å². The van der Waals surface area contributed by atoms with E-state index in [4.69, 9.17) is 4.84 Å². The van der Waals surface area contributed by atoms with Gasteiger partial charge < -0.3 is 20.4 Å². The maximum atomic E-state index is 12.4. The number of ketones is 1. The van der Waals surface area contributed by atoms with Crippen LogP contribution in [0.15, 0.2) is 16.8 Å². The van der Waals surface area contributed by atoms with Gasteiger partial charge in [-0.1, -0.05) is 24.6 Å². The first-order valence-corrected chi connectivity index (χ1v) is 15.0. The van der Waals surface area contributed by atoms with Crippen LogP contribution < -0.4 is 5.32 Å². The molecule has 0 unspecified atom stereocenters. The number of allylic oxidation sites excluding steroid dienone is 2. The highest BCUT2D eigenvalue weighted by Gasteiger charge is 2.65. The number of Topliss-reactive ketones (excluding diaryl/α,β-unsaturated/α-hetero) is 1. The number of fused-ring (bicyclic) bond motifs is 5. The van der Waals surface area contributed by atoms with E-state index in [1.54, 1.807) is 6.92 Å². The molecule has 206 valence electrons. The van der Waals surface area contributed by atoms with E-state index in [1.807, 2.05) is 6.26 Å². The zero-order chi connectivity index (χ0) is 27.0. The van der Waals surface area contributed by atoms with Gasteiger partial charge in [-0.05, 0) is 106 Å². The highest BCUT2D eigenvalue weighted by Crippen LogP contribution is 2.67. The van der Waals surface area contributed by atoms with Crippen LogP contribution in [0.1, 0.15) is 78.6 Å². The average Bonchev–Trinajstić information content (AvgIpc) is 3.13. The molecular weight excluding hydrogens is 492 g/mol. The van der Waals surface area contributed by atoms with Crippen LogP contribution in [0.25, 0.3) is 0 Å². The summed E-state index contributed by atoms with van der Waals surface area (Å²) in [5.41, 5.74) is 0.766. The molecule has 0 aromatic heterocycles. The normalized spacial score (nSPS) is 38.6. The minimum atomic E-state index is -1.19. The molecule has 7 atom stereocenters. The van der Waals surface area contributed by atoms with Crippen LogP contribution in [0.2, 0.25) is 0 Å². The number of thioether (sulfide) groups is 1. The second-order valence-electron chi connectivity index (χ2n) is 12.0. The van der Waals surface area contributed by atoms with E-state index in [0.29, 0.717) is 36.3 Å². The Morgan fingerprint density at radius 3 is 2.57 bits per heavy atom. The molecule has 0 saturated heterocycles. The number of hydrogen-bond acceptors (Lipinski definition) is 7. The lowest BCUT2D eigenvalue weighted by atomic mass is 9.46. The Hall–Kier alpha value is -1.87. The van der Waals surface area contributed by atoms with Gasteiger partial charge in [0.1, 0.15) is 11.6 Å². The van der Waals surface area contributed by atoms with Crippen molar-refractivity contribution in [2.45, 2.75) is 90.2 Å². The van der Waals surface area contributed by atoms with E-state index in [9.17, 15) is 24.6 Å². The second-order valence-corrected chi connectivity index (χ2v) is 13.0. The molecule has 4 aliphatic rings. The molecule has 37 heavy (non-hydrogen) atoms. The van der Waals surface area contributed by atoms with Crippen LogP contribution in [0.5, 0.6) is 0 Å². The van der Waals surface area contributed by atoms with Crippen LogP contribution in [-0.4, -0.2) is 63.8 Å². The summed E-state index contributed by atoms with van der Waals surface area (Å²) in [5, 5.41) is 27.3. The van der Waals surface area contributed by atoms with Crippen LogP contribution in [0.3, 0.4) is 0 Å². The van der Waals surface area contributed by atoms with Gasteiger partial charge in [0, 0.05) is 5.41 Å². The van der Waals surface area contributed by atoms with E-state index in [1.165, 1.54) is 17.3 Å². The average molecular weight is 535 g/mol. The number of carbonyl (C=O) groups excluding carboxylic acids is 2. The van der Waals surface area contributed by atoms with Crippen molar-refractivity contribution in [1.29, 1.82) is 0 Å². The fourth-order valence-electron chi connectivity index (χ4n) is 8.14. The Kier molecular flexibility index (Phi) is 8.15. The number of nitrogens with one attached hydrogen (secondary N) is 1. The smallest absolute Gasteiger partial charge is 0.326 e. The lowest BCUT2D eigenvalue weighted by Gasteiger charge is -2.59. The maximum Gasteiger partial charge on any atom is 0.326 e. The number of hydrogen-bond donors (Lipinski definition) is 3. The van der Waals surface area contributed by atoms with Gasteiger partial charge in [-0.2, -0.15) is 11.8 Å². The highest BCUT2D eigenvalue weighted by atomic mass is 32.2. The molecule has 8 nitrogen and oxygen atoms in total. The predicted molar refractivity (Wildman–Crippen MR) is 143 cm³/mol. The number of aliphatic carboxylic acids is 1. The van der Waals surface area contributed by atoms with Crippen LogP contribution in [0.4, 0.5) is 0 Å². The lowest BCUT2D eigenvalue weighted by Crippen LogP contribution is -2.57. The van der Waals surface area contributed by atoms with E-state index in [0.717, 1.165) is 50.7 Å². The first kappa shape index (κ1) is 28.1. The Labute approximate surface area is 224 Å². The first-order valence-electron chi connectivity index (χ1n) is 13.6. The molecule has 0 aromatic rings. The monoisotopic (exact) mass is 534 g/mol. The Morgan fingerprint density at radius 1 is 1.16 bits per heavy atom. The van der Waals surface area contributed by atoms with Gasteiger partial charge in [-0.25, -0.2) is 4.79 Å². The van der Waals surface area contributed by atoms with E-state index in [-0.39, 0.29) is 23.2 Å². The van der Waals surface area contributed by atoms with Crippen LogP contribution >= 0.6 is 11.8 Å². The minimum absolute atomic E-state index is 0.0730. The van der Waals surface area contributed by atoms with Gasteiger partial charge in [0.2, 0.25) is 0 Å².